The molecule has 0 radical (unpaired) electrons. The Kier molecular flexibility index (Phi) is 5.88. The summed E-state index contributed by atoms with van der Waals surface area (Å²) in [4.78, 5) is 11.3. The molecule has 0 aliphatic carbocycles. The Balaban J connectivity index is 5.37. The Morgan fingerprint density at radius 1 is 1.00 bits per heavy atom. The number of hydrogen-bond acceptors (Lipinski definition) is 5. The number of aliphatic carboxylic acids is 1. The maximum Gasteiger partial charge on any atom is 0.310 e. The van der Waals surface area contributed by atoms with Crippen molar-refractivity contribution in [2.24, 2.45) is 10.8 Å². The number of carboxylic acids is 1. The van der Waals surface area contributed by atoms with Crippen molar-refractivity contribution in [1.29, 1.82) is 0 Å². The molecule has 0 unspecified atom stereocenters. The molecule has 16 heavy (non-hydrogen) atoms. The molecule has 0 aromatic carbocycles. The summed E-state index contributed by atoms with van der Waals surface area (Å²) in [6.45, 7) is -0.415. The number of carboxylic acid groups (broad SMARTS) is 1. The minimum atomic E-state index is -1.53. The second-order valence-electron chi connectivity index (χ2n) is 4.21. The van der Waals surface area contributed by atoms with Crippen molar-refractivity contribution >= 4 is 5.97 Å². The van der Waals surface area contributed by atoms with Gasteiger partial charge in [-0.2, -0.15) is 0 Å². The van der Waals surface area contributed by atoms with E-state index in [0.29, 0.717) is 0 Å². The summed E-state index contributed by atoms with van der Waals surface area (Å²) in [7, 11) is 0. The van der Waals surface area contributed by atoms with Crippen LogP contribution >= 0.6 is 0 Å². The topological polar surface area (TPSA) is 118 Å². The van der Waals surface area contributed by atoms with Gasteiger partial charge in [-0.3, -0.25) is 4.79 Å². The van der Waals surface area contributed by atoms with Gasteiger partial charge in [0.25, 0.3) is 0 Å². The first-order chi connectivity index (χ1) is 7.44. The molecule has 0 bridgehead atoms. The normalized spacial score (nSPS) is 12.8. The van der Waals surface area contributed by atoms with E-state index in [-0.39, 0.29) is 26.1 Å². The molecule has 0 aromatic rings. The molecule has 0 atom stereocenters. The molecule has 0 amide bonds. The molecule has 0 fully saturated rings. The first-order valence-corrected chi connectivity index (χ1v) is 5.11. The van der Waals surface area contributed by atoms with E-state index in [2.05, 4.69) is 0 Å². The molecular formula is C10H20O6. The highest BCUT2D eigenvalue weighted by Gasteiger charge is 2.52. The number of hydrogen-bond donors (Lipinski definition) is 5. The molecule has 0 aliphatic heterocycles. The van der Waals surface area contributed by atoms with Gasteiger partial charge in [-0.25, -0.2) is 0 Å². The molecule has 0 heterocycles. The molecule has 96 valence electrons. The number of aliphatic hydroxyl groups is 4. The van der Waals surface area contributed by atoms with Crippen LogP contribution in [0.15, 0.2) is 0 Å². The van der Waals surface area contributed by atoms with Gasteiger partial charge in [0.05, 0.1) is 18.6 Å². The summed E-state index contributed by atoms with van der Waals surface area (Å²) in [5, 5.41) is 45.6. The largest absolute Gasteiger partial charge is 0.481 e. The predicted octanol–water partition coefficient (Wildman–Crippen LogP) is -1.19. The van der Waals surface area contributed by atoms with Gasteiger partial charge in [-0.1, -0.05) is 6.92 Å². The van der Waals surface area contributed by atoms with Crippen LogP contribution in [0, 0.1) is 10.8 Å². The van der Waals surface area contributed by atoms with E-state index < -0.39 is 30.0 Å². The molecule has 0 aromatic heterocycles. The molecule has 6 heteroatoms. The molecule has 0 saturated heterocycles. The monoisotopic (exact) mass is 236 g/mol. The van der Waals surface area contributed by atoms with Crippen LogP contribution in [-0.2, 0) is 4.79 Å². The minimum Gasteiger partial charge on any atom is -0.481 e. The Bertz CT molecular complexity index is 217. The fourth-order valence-corrected chi connectivity index (χ4v) is 1.93. The van der Waals surface area contributed by atoms with E-state index in [0.717, 1.165) is 0 Å². The molecule has 6 nitrogen and oxygen atoms in total. The van der Waals surface area contributed by atoms with E-state index in [9.17, 15) is 20.1 Å². The zero-order chi connectivity index (χ0) is 12.8. The average Bonchev–Trinajstić information content (AvgIpc) is 2.27. The lowest BCUT2D eigenvalue weighted by atomic mass is 9.61. The van der Waals surface area contributed by atoms with Crippen molar-refractivity contribution < 1.29 is 30.3 Å². The summed E-state index contributed by atoms with van der Waals surface area (Å²) < 4.78 is 0. The van der Waals surface area contributed by atoms with E-state index in [4.69, 9.17) is 10.2 Å². The van der Waals surface area contributed by atoms with Gasteiger partial charge in [-0.15, -0.1) is 0 Å². The summed E-state index contributed by atoms with van der Waals surface area (Å²) in [6, 6.07) is 0. The lowest BCUT2D eigenvalue weighted by Crippen LogP contribution is -2.51. The standard InChI is InChI=1S/C10H20O6/c1-9(6-13,7-14)10(2-4-11,3-5-12)8(15)16/h11-14H,2-7H2,1H3,(H,15,16). The summed E-state index contributed by atoms with van der Waals surface area (Å²) in [6.07, 6.45) is -0.249. The van der Waals surface area contributed by atoms with Crippen LogP contribution in [0.1, 0.15) is 19.8 Å². The third-order valence-electron chi connectivity index (χ3n) is 3.34. The van der Waals surface area contributed by atoms with Crippen molar-refractivity contribution in [3.05, 3.63) is 0 Å². The first kappa shape index (κ1) is 15.3. The maximum atomic E-state index is 11.3. The zero-order valence-corrected chi connectivity index (χ0v) is 9.39. The van der Waals surface area contributed by atoms with E-state index in [1.807, 2.05) is 0 Å². The smallest absolute Gasteiger partial charge is 0.310 e. The van der Waals surface area contributed by atoms with Crippen LogP contribution < -0.4 is 0 Å². The van der Waals surface area contributed by atoms with Gasteiger partial charge < -0.3 is 25.5 Å². The molecule has 0 aliphatic rings. The van der Waals surface area contributed by atoms with Gasteiger partial charge in [0.15, 0.2) is 0 Å². The average molecular weight is 236 g/mol. The van der Waals surface area contributed by atoms with Gasteiger partial charge in [0.1, 0.15) is 0 Å². The van der Waals surface area contributed by atoms with Gasteiger partial charge >= 0.3 is 5.97 Å². The number of carbonyl (C=O) groups is 1. The molecule has 5 N–H and O–H groups in total. The van der Waals surface area contributed by atoms with E-state index in [1.54, 1.807) is 0 Å². The van der Waals surface area contributed by atoms with Crippen LogP contribution in [0.2, 0.25) is 0 Å². The van der Waals surface area contributed by atoms with Crippen LogP contribution in [0.5, 0.6) is 0 Å². The highest BCUT2D eigenvalue weighted by atomic mass is 16.4. The van der Waals surface area contributed by atoms with Crippen molar-refractivity contribution in [3.63, 3.8) is 0 Å². The van der Waals surface area contributed by atoms with Crippen LogP contribution in [-0.4, -0.2) is 57.9 Å². The Morgan fingerprint density at radius 3 is 1.56 bits per heavy atom. The third kappa shape index (κ3) is 2.52. The van der Waals surface area contributed by atoms with Crippen molar-refractivity contribution in [3.8, 4) is 0 Å². The minimum absolute atomic E-state index is 0.124. The number of rotatable bonds is 8. The van der Waals surface area contributed by atoms with Crippen LogP contribution in [0.4, 0.5) is 0 Å². The van der Waals surface area contributed by atoms with Crippen molar-refractivity contribution in [2.45, 2.75) is 19.8 Å². The third-order valence-corrected chi connectivity index (χ3v) is 3.34. The van der Waals surface area contributed by atoms with E-state index >= 15 is 0 Å². The Labute approximate surface area is 94.2 Å². The first-order valence-electron chi connectivity index (χ1n) is 5.11. The van der Waals surface area contributed by atoms with Gasteiger partial charge in [-0.05, 0) is 12.8 Å². The molecular weight excluding hydrogens is 216 g/mol. The SMILES string of the molecule is CC(CO)(CO)C(CCO)(CCO)C(=O)O. The zero-order valence-electron chi connectivity index (χ0n) is 9.39. The number of aliphatic hydroxyl groups excluding tert-OH is 4. The van der Waals surface area contributed by atoms with Crippen LogP contribution in [0.25, 0.3) is 0 Å². The lowest BCUT2D eigenvalue weighted by molar-refractivity contribution is -0.169. The van der Waals surface area contributed by atoms with Gasteiger partial charge in [0.2, 0.25) is 0 Å². The van der Waals surface area contributed by atoms with E-state index in [1.165, 1.54) is 6.92 Å². The lowest BCUT2D eigenvalue weighted by Gasteiger charge is -2.43. The highest BCUT2D eigenvalue weighted by Crippen LogP contribution is 2.44. The second kappa shape index (κ2) is 6.15. The summed E-state index contributed by atoms with van der Waals surface area (Å²) >= 11 is 0. The molecule has 0 rings (SSSR count). The van der Waals surface area contributed by atoms with Gasteiger partial charge in [0, 0.05) is 18.6 Å². The fraction of sp³-hybridized carbons (Fsp3) is 0.900. The predicted molar refractivity (Wildman–Crippen MR) is 55.8 cm³/mol. The summed E-state index contributed by atoms with van der Waals surface area (Å²) in [5.74, 6) is -1.23. The summed E-state index contributed by atoms with van der Waals surface area (Å²) in [5.41, 5.74) is -2.82. The Morgan fingerprint density at radius 2 is 1.38 bits per heavy atom. The van der Waals surface area contributed by atoms with Crippen molar-refractivity contribution in [2.75, 3.05) is 26.4 Å². The van der Waals surface area contributed by atoms with Crippen molar-refractivity contribution in [1.82, 2.24) is 0 Å². The maximum absolute atomic E-state index is 11.3. The quantitative estimate of drug-likeness (QED) is 0.362. The fourth-order valence-electron chi connectivity index (χ4n) is 1.93. The second-order valence-corrected chi connectivity index (χ2v) is 4.21. The molecule has 0 spiro atoms. The molecule has 0 saturated carbocycles. The van der Waals surface area contributed by atoms with Crippen LogP contribution in [0.3, 0.4) is 0 Å². The highest BCUT2D eigenvalue weighted by molar-refractivity contribution is 5.76. The Hall–Kier alpha value is -0.690.